The molecule has 0 atom stereocenters. The average molecular weight is 308 g/mol. The Kier molecular flexibility index (Phi) is 4.70. The summed E-state index contributed by atoms with van der Waals surface area (Å²) in [5.41, 5.74) is 1.57. The molecule has 0 unspecified atom stereocenters. The Morgan fingerprint density at radius 3 is 2.57 bits per heavy atom. The Bertz CT molecular complexity index is 677. The third-order valence-corrected chi connectivity index (χ3v) is 3.10. The minimum absolute atomic E-state index is 0.00816. The first-order valence-electron chi connectivity index (χ1n) is 6.48. The van der Waals surface area contributed by atoms with E-state index in [4.69, 9.17) is 21.4 Å². The van der Waals surface area contributed by atoms with Gasteiger partial charge in [-0.1, -0.05) is 30.5 Å². The van der Waals surface area contributed by atoms with Crippen molar-refractivity contribution >= 4 is 17.6 Å². The van der Waals surface area contributed by atoms with Crippen LogP contribution in [-0.4, -0.2) is 26.3 Å². The second-order valence-electron chi connectivity index (χ2n) is 4.24. The van der Waals surface area contributed by atoms with E-state index >= 15 is 0 Å². The second kappa shape index (κ2) is 6.49. The van der Waals surface area contributed by atoms with Crippen molar-refractivity contribution in [3.63, 3.8) is 0 Å². The molecule has 0 fully saturated rings. The lowest BCUT2D eigenvalue weighted by Gasteiger charge is -2.09. The van der Waals surface area contributed by atoms with Crippen LogP contribution < -0.4 is 4.74 Å². The number of benzene rings is 1. The van der Waals surface area contributed by atoms with Gasteiger partial charge in [0.25, 0.3) is 0 Å². The molecular formula is C14H14ClN3O3. The minimum atomic E-state index is -1.12. The van der Waals surface area contributed by atoms with Crippen LogP contribution in [-0.2, 0) is 12.8 Å². The molecule has 0 aliphatic carbocycles. The molecule has 6 nitrogen and oxygen atoms in total. The van der Waals surface area contributed by atoms with Gasteiger partial charge in [-0.2, -0.15) is 4.98 Å². The number of hydrogen-bond donors (Lipinski definition) is 1. The van der Waals surface area contributed by atoms with Crippen LogP contribution in [0.5, 0.6) is 11.8 Å². The number of hydrogen-bond acceptors (Lipinski definition) is 5. The number of aromatic carboxylic acids is 1. The van der Waals surface area contributed by atoms with Gasteiger partial charge in [0, 0.05) is 11.1 Å². The molecule has 0 aliphatic heterocycles. The standard InChI is InChI=1S/C14H14ClN3O3/c1-3-10-11(4-2)17-18-14(16-10)21-12-7-8(15)5-6-9(12)13(19)20/h5-7H,3-4H2,1-2H3,(H,19,20). The summed E-state index contributed by atoms with van der Waals surface area (Å²) in [4.78, 5) is 15.4. The van der Waals surface area contributed by atoms with Crippen LogP contribution in [0.3, 0.4) is 0 Å². The summed E-state index contributed by atoms with van der Waals surface area (Å²) in [6.07, 6.45) is 1.41. The first-order valence-corrected chi connectivity index (χ1v) is 6.86. The topological polar surface area (TPSA) is 85.2 Å². The SMILES string of the molecule is CCc1nnc(Oc2cc(Cl)ccc2C(=O)O)nc1CC. The van der Waals surface area contributed by atoms with Crippen LogP contribution in [0.25, 0.3) is 0 Å². The molecule has 1 aromatic carbocycles. The predicted octanol–water partition coefficient (Wildman–Crippen LogP) is 3.14. The van der Waals surface area contributed by atoms with Gasteiger partial charge in [-0.15, -0.1) is 5.10 Å². The van der Waals surface area contributed by atoms with E-state index in [1.165, 1.54) is 18.2 Å². The zero-order valence-corrected chi connectivity index (χ0v) is 12.4. The van der Waals surface area contributed by atoms with Crippen LogP contribution in [0, 0.1) is 0 Å². The normalized spacial score (nSPS) is 10.4. The van der Waals surface area contributed by atoms with Crippen molar-refractivity contribution in [1.82, 2.24) is 15.2 Å². The lowest BCUT2D eigenvalue weighted by molar-refractivity contribution is 0.0694. The van der Waals surface area contributed by atoms with Crippen molar-refractivity contribution in [2.45, 2.75) is 26.7 Å². The first-order chi connectivity index (χ1) is 10.0. The summed E-state index contributed by atoms with van der Waals surface area (Å²) in [7, 11) is 0. The second-order valence-corrected chi connectivity index (χ2v) is 4.68. The van der Waals surface area contributed by atoms with E-state index < -0.39 is 5.97 Å². The molecule has 1 N–H and O–H groups in total. The van der Waals surface area contributed by atoms with Crippen molar-refractivity contribution in [2.24, 2.45) is 0 Å². The number of aromatic nitrogens is 3. The lowest BCUT2D eigenvalue weighted by Crippen LogP contribution is -2.06. The van der Waals surface area contributed by atoms with Gasteiger partial charge >= 0.3 is 12.0 Å². The lowest BCUT2D eigenvalue weighted by atomic mass is 10.2. The van der Waals surface area contributed by atoms with Crippen molar-refractivity contribution in [3.05, 3.63) is 40.2 Å². The summed E-state index contributed by atoms with van der Waals surface area (Å²) in [6.45, 7) is 3.92. The summed E-state index contributed by atoms with van der Waals surface area (Å²) in [5, 5.41) is 17.4. The maximum atomic E-state index is 11.2. The largest absolute Gasteiger partial charge is 0.478 e. The highest BCUT2D eigenvalue weighted by atomic mass is 35.5. The molecule has 21 heavy (non-hydrogen) atoms. The summed E-state index contributed by atoms with van der Waals surface area (Å²) in [6, 6.07) is 4.27. The number of carboxylic acid groups (broad SMARTS) is 1. The summed E-state index contributed by atoms with van der Waals surface area (Å²) >= 11 is 5.86. The van der Waals surface area contributed by atoms with Crippen LogP contribution in [0.15, 0.2) is 18.2 Å². The number of aryl methyl sites for hydroxylation is 2. The van der Waals surface area contributed by atoms with E-state index in [2.05, 4.69) is 15.2 Å². The first kappa shape index (κ1) is 15.2. The van der Waals surface area contributed by atoms with Crippen molar-refractivity contribution in [3.8, 4) is 11.8 Å². The molecule has 1 aromatic heterocycles. The third kappa shape index (κ3) is 3.46. The maximum absolute atomic E-state index is 11.2. The highest BCUT2D eigenvalue weighted by Crippen LogP contribution is 2.27. The number of nitrogens with zero attached hydrogens (tertiary/aromatic N) is 3. The van der Waals surface area contributed by atoms with Crippen LogP contribution in [0.4, 0.5) is 0 Å². The van der Waals surface area contributed by atoms with Gasteiger partial charge in [-0.25, -0.2) is 4.79 Å². The van der Waals surface area contributed by atoms with E-state index in [1.54, 1.807) is 0 Å². The number of halogens is 1. The molecule has 0 saturated carbocycles. The molecule has 0 spiro atoms. The van der Waals surface area contributed by atoms with Crippen LogP contribution >= 0.6 is 11.6 Å². The quantitative estimate of drug-likeness (QED) is 0.913. The molecule has 1 heterocycles. The van der Waals surface area contributed by atoms with Gasteiger partial charge < -0.3 is 9.84 Å². The molecule has 0 aliphatic rings. The Labute approximate surface area is 126 Å². The Morgan fingerprint density at radius 2 is 1.95 bits per heavy atom. The zero-order valence-electron chi connectivity index (χ0n) is 11.6. The van der Waals surface area contributed by atoms with Crippen molar-refractivity contribution in [2.75, 3.05) is 0 Å². The van der Waals surface area contributed by atoms with Gasteiger partial charge in [0.2, 0.25) is 0 Å². The van der Waals surface area contributed by atoms with Gasteiger partial charge in [-0.3, -0.25) is 0 Å². The van der Waals surface area contributed by atoms with E-state index in [-0.39, 0.29) is 17.3 Å². The predicted molar refractivity (Wildman–Crippen MR) is 77.1 cm³/mol. The zero-order chi connectivity index (χ0) is 15.4. The molecule has 0 saturated heterocycles. The fraction of sp³-hybridized carbons (Fsp3) is 0.286. The molecule has 2 rings (SSSR count). The number of ether oxygens (including phenoxy) is 1. The van der Waals surface area contributed by atoms with Gasteiger partial charge in [0.1, 0.15) is 11.3 Å². The molecule has 2 aromatic rings. The fourth-order valence-electron chi connectivity index (χ4n) is 1.82. The minimum Gasteiger partial charge on any atom is -0.478 e. The third-order valence-electron chi connectivity index (χ3n) is 2.87. The number of rotatable bonds is 5. The summed E-state index contributed by atoms with van der Waals surface area (Å²) in [5.74, 6) is -1.03. The molecule has 0 amide bonds. The fourth-order valence-corrected chi connectivity index (χ4v) is 1.98. The Morgan fingerprint density at radius 1 is 1.24 bits per heavy atom. The highest BCUT2D eigenvalue weighted by Gasteiger charge is 2.15. The van der Waals surface area contributed by atoms with Crippen molar-refractivity contribution in [1.29, 1.82) is 0 Å². The van der Waals surface area contributed by atoms with E-state index in [9.17, 15) is 4.79 Å². The smallest absolute Gasteiger partial charge is 0.341 e. The van der Waals surface area contributed by atoms with Crippen LogP contribution in [0.2, 0.25) is 5.02 Å². The molecule has 110 valence electrons. The van der Waals surface area contributed by atoms with E-state index in [1.807, 2.05) is 13.8 Å². The van der Waals surface area contributed by atoms with Crippen LogP contribution in [0.1, 0.15) is 35.6 Å². The maximum Gasteiger partial charge on any atom is 0.341 e. The Hall–Kier alpha value is -2.21. The van der Waals surface area contributed by atoms with Gasteiger partial charge in [0.05, 0.1) is 11.4 Å². The molecular weight excluding hydrogens is 294 g/mol. The van der Waals surface area contributed by atoms with E-state index in [0.717, 1.165) is 17.8 Å². The van der Waals surface area contributed by atoms with Gasteiger partial charge in [-0.05, 0) is 25.0 Å². The highest BCUT2D eigenvalue weighted by molar-refractivity contribution is 6.30. The van der Waals surface area contributed by atoms with E-state index in [0.29, 0.717) is 11.4 Å². The Balaban J connectivity index is 2.38. The monoisotopic (exact) mass is 307 g/mol. The molecule has 7 heteroatoms. The average Bonchev–Trinajstić information content (AvgIpc) is 2.46. The molecule has 0 bridgehead atoms. The molecule has 0 radical (unpaired) electrons. The number of carboxylic acids is 1. The van der Waals surface area contributed by atoms with Crippen molar-refractivity contribution < 1.29 is 14.6 Å². The summed E-state index contributed by atoms with van der Waals surface area (Å²) < 4.78 is 5.44. The van der Waals surface area contributed by atoms with Gasteiger partial charge in [0.15, 0.2) is 0 Å². The number of carbonyl (C=O) groups is 1.